The first kappa shape index (κ1) is 40.7. The summed E-state index contributed by atoms with van der Waals surface area (Å²) in [7, 11) is 1.26. The third kappa shape index (κ3) is 10.1. The second-order valence-electron chi connectivity index (χ2n) is 14.0. The molecule has 7 rings (SSSR count). The minimum atomic E-state index is -2.58. The molecule has 1 aliphatic rings. The zero-order valence-corrected chi connectivity index (χ0v) is 32.3. The highest BCUT2D eigenvalue weighted by atomic mass is 19.1. The predicted octanol–water partition coefficient (Wildman–Crippen LogP) is 7.99. The minimum Gasteiger partial charge on any atom is -0.494 e. The number of methoxy groups -OCH3 is 1. The average molecular weight is 793 g/mol. The van der Waals surface area contributed by atoms with E-state index >= 15 is 4.39 Å². The monoisotopic (exact) mass is 792 g/mol. The molecule has 0 spiro atoms. The molecule has 6 aromatic rings. The molecule has 1 aromatic heterocycles. The standard InChI is InChI=1S/C46H46F2N2O8/c1-31-37(23-36-24-39(48)40(52-2)25-38(36)47)45(50-49-31)58-46(51)44(56-29-35-21-13-6-14-22-35)43(55-28-34-19-11-5-12-20-34)42(54-27-33-17-9-4-10-18-33)41(57-46)30-53-26-32-15-7-3-8-16-32/h3-22,24-25,41-44,51H,23,26-30H2,1-2H3,(H,49,50)/t41-,42-,43+,44-,46+/m1/s1. The maximum Gasteiger partial charge on any atom is 0.356 e. The lowest BCUT2D eigenvalue weighted by molar-refractivity contribution is -0.436. The van der Waals surface area contributed by atoms with E-state index in [1.54, 1.807) is 6.92 Å². The van der Waals surface area contributed by atoms with Crippen molar-refractivity contribution in [1.29, 1.82) is 0 Å². The maximum atomic E-state index is 15.3. The van der Waals surface area contributed by atoms with Crippen LogP contribution >= 0.6 is 0 Å². The van der Waals surface area contributed by atoms with Crippen LogP contribution in [0.3, 0.4) is 0 Å². The van der Waals surface area contributed by atoms with Crippen LogP contribution in [0.2, 0.25) is 0 Å². The van der Waals surface area contributed by atoms with E-state index in [0.29, 0.717) is 11.3 Å². The van der Waals surface area contributed by atoms with Crippen molar-refractivity contribution in [3.8, 4) is 11.6 Å². The molecule has 12 heteroatoms. The molecule has 10 nitrogen and oxygen atoms in total. The highest BCUT2D eigenvalue weighted by Crippen LogP contribution is 2.39. The molecule has 0 amide bonds. The Morgan fingerprint density at radius 1 is 0.690 bits per heavy atom. The van der Waals surface area contributed by atoms with Crippen molar-refractivity contribution in [1.82, 2.24) is 10.2 Å². The third-order valence-electron chi connectivity index (χ3n) is 9.87. The number of rotatable bonds is 18. The molecule has 5 aromatic carbocycles. The van der Waals surface area contributed by atoms with E-state index in [1.165, 1.54) is 7.11 Å². The Morgan fingerprint density at radius 2 is 1.21 bits per heavy atom. The van der Waals surface area contributed by atoms with Gasteiger partial charge in [0, 0.05) is 23.7 Å². The molecule has 5 atom stereocenters. The molecular formula is C46H46F2N2O8. The predicted molar refractivity (Wildman–Crippen MR) is 211 cm³/mol. The molecule has 0 bridgehead atoms. The molecule has 1 fully saturated rings. The minimum absolute atomic E-state index is 0.0201. The number of nitrogens with zero attached hydrogens (tertiary/aromatic N) is 1. The number of H-pyrrole nitrogens is 1. The fourth-order valence-electron chi connectivity index (χ4n) is 6.81. The lowest BCUT2D eigenvalue weighted by Gasteiger charge is -2.49. The second-order valence-corrected chi connectivity index (χ2v) is 14.0. The summed E-state index contributed by atoms with van der Waals surface area (Å²) < 4.78 is 74.2. The summed E-state index contributed by atoms with van der Waals surface area (Å²) >= 11 is 0. The molecular weight excluding hydrogens is 747 g/mol. The van der Waals surface area contributed by atoms with Crippen LogP contribution in [0, 0.1) is 18.6 Å². The highest BCUT2D eigenvalue weighted by Gasteiger charge is 2.59. The number of hydrogen-bond acceptors (Lipinski definition) is 9. The van der Waals surface area contributed by atoms with Gasteiger partial charge in [-0.2, -0.15) is 0 Å². The van der Waals surface area contributed by atoms with E-state index in [2.05, 4.69) is 10.2 Å². The normalized spacial score (nSPS) is 20.5. The van der Waals surface area contributed by atoms with Gasteiger partial charge in [0.05, 0.1) is 40.1 Å². The summed E-state index contributed by atoms with van der Waals surface area (Å²) in [5.74, 6) is -4.34. The zero-order chi connectivity index (χ0) is 40.3. The number of halogens is 2. The van der Waals surface area contributed by atoms with Crippen LogP contribution in [0.5, 0.6) is 11.6 Å². The van der Waals surface area contributed by atoms with E-state index in [-0.39, 0.29) is 56.6 Å². The van der Waals surface area contributed by atoms with E-state index in [4.69, 9.17) is 33.2 Å². The van der Waals surface area contributed by atoms with Crippen molar-refractivity contribution in [3.63, 3.8) is 0 Å². The number of hydrogen-bond donors (Lipinski definition) is 2. The highest BCUT2D eigenvalue weighted by molar-refractivity contribution is 5.39. The molecule has 0 unspecified atom stereocenters. The molecule has 58 heavy (non-hydrogen) atoms. The van der Waals surface area contributed by atoms with Gasteiger partial charge in [0.15, 0.2) is 17.7 Å². The van der Waals surface area contributed by atoms with Gasteiger partial charge in [-0.05, 0) is 40.8 Å². The van der Waals surface area contributed by atoms with E-state index < -0.39 is 42.0 Å². The van der Waals surface area contributed by atoms with Crippen LogP contribution < -0.4 is 9.47 Å². The van der Waals surface area contributed by atoms with Crippen molar-refractivity contribution < 1.29 is 47.0 Å². The fourth-order valence-corrected chi connectivity index (χ4v) is 6.81. The summed E-state index contributed by atoms with van der Waals surface area (Å²) in [5.41, 5.74) is 4.40. The Bertz CT molecular complexity index is 2180. The Balaban J connectivity index is 1.27. The molecule has 1 aliphatic heterocycles. The van der Waals surface area contributed by atoms with Crippen molar-refractivity contribution in [2.24, 2.45) is 0 Å². The summed E-state index contributed by atoms with van der Waals surface area (Å²) in [6.45, 7) is 2.27. The van der Waals surface area contributed by atoms with E-state index in [1.807, 2.05) is 121 Å². The van der Waals surface area contributed by atoms with Crippen LogP contribution in [-0.2, 0) is 56.5 Å². The quantitative estimate of drug-likeness (QED) is 0.0837. The van der Waals surface area contributed by atoms with Gasteiger partial charge in [-0.15, -0.1) is 5.10 Å². The number of aromatic amines is 1. The molecule has 2 N–H and O–H groups in total. The first-order valence-electron chi connectivity index (χ1n) is 19.0. The summed E-state index contributed by atoms with van der Waals surface area (Å²) in [6.07, 6.45) is -4.36. The van der Waals surface area contributed by atoms with Crippen LogP contribution in [-0.4, -0.2) is 59.4 Å². The van der Waals surface area contributed by atoms with Gasteiger partial charge in [-0.25, -0.2) is 8.78 Å². The molecule has 0 radical (unpaired) electrons. The summed E-state index contributed by atoms with van der Waals surface area (Å²) in [5, 5.41) is 20.0. The van der Waals surface area contributed by atoms with E-state index in [9.17, 15) is 9.50 Å². The molecule has 1 saturated heterocycles. The van der Waals surface area contributed by atoms with Gasteiger partial charge < -0.3 is 38.3 Å². The number of aryl methyl sites for hydroxylation is 1. The second kappa shape index (κ2) is 19.3. The summed E-state index contributed by atoms with van der Waals surface area (Å²) in [4.78, 5) is 0. The third-order valence-corrected chi connectivity index (χ3v) is 9.87. The van der Waals surface area contributed by atoms with Gasteiger partial charge in [0.25, 0.3) is 0 Å². The lowest BCUT2D eigenvalue weighted by Crippen LogP contribution is -2.69. The van der Waals surface area contributed by atoms with Gasteiger partial charge in [0.2, 0.25) is 5.88 Å². The van der Waals surface area contributed by atoms with Gasteiger partial charge in [0.1, 0.15) is 24.1 Å². The lowest BCUT2D eigenvalue weighted by atomic mass is 9.96. The van der Waals surface area contributed by atoms with Crippen LogP contribution in [0.15, 0.2) is 133 Å². The number of benzene rings is 5. The van der Waals surface area contributed by atoms with Crippen molar-refractivity contribution in [2.75, 3.05) is 13.7 Å². The largest absolute Gasteiger partial charge is 0.494 e. The van der Waals surface area contributed by atoms with Crippen molar-refractivity contribution in [2.45, 2.75) is 70.2 Å². The van der Waals surface area contributed by atoms with Gasteiger partial charge >= 0.3 is 5.97 Å². The van der Waals surface area contributed by atoms with Gasteiger partial charge in [-0.1, -0.05) is 121 Å². The number of aromatic nitrogens is 2. The molecule has 2 heterocycles. The number of ether oxygens (including phenoxy) is 7. The number of aliphatic hydroxyl groups is 1. The molecule has 0 aliphatic carbocycles. The van der Waals surface area contributed by atoms with E-state index in [0.717, 1.165) is 34.4 Å². The maximum absolute atomic E-state index is 15.3. The Morgan fingerprint density at radius 3 is 1.76 bits per heavy atom. The van der Waals surface area contributed by atoms with Crippen LogP contribution in [0.1, 0.15) is 39.1 Å². The van der Waals surface area contributed by atoms with Crippen LogP contribution in [0.4, 0.5) is 8.78 Å². The Kier molecular flexibility index (Phi) is 13.6. The SMILES string of the molecule is COc1cc(F)c(Cc2c(O[C@@]3(O)O[C@H](COCc4ccccc4)[C@@H](OCc4ccccc4)[C@H](OCc4ccccc4)[C@H]3OCc3ccccc3)n[nH]c2C)cc1F. The zero-order valence-electron chi connectivity index (χ0n) is 32.3. The topological polar surface area (TPSA) is 114 Å². The van der Waals surface area contributed by atoms with Crippen LogP contribution in [0.25, 0.3) is 0 Å². The Hall–Kier alpha value is -5.47. The molecule has 302 valence electrons. The Labute approximate surface area is 336 Å². The number of nitrogens with one attached hydrogen (secondary N) is 1. The van der Waals surface area contributed by atoms with Crippen molar-refractivity contribution >= 4 is 0 Å². The summed E-state index contributed by atoms with van der Waals surface area (Å²) in [6, 6.07) is 40.4. The first-order valence-corrected chi connectivity index (χ1v) is 19.0. The van der Waals surface area contributed by atoms with Crippen molar-refractivity contribution in [3.05, 3.63) is 184 Å². The van der Waals surface area contributed by atoms with Gasteiger partial charge in [-0.3, -0.25) is 5.10 Å². The molecule has 0 saturated carbocycles. The fraction of sp³-hybridized carbons (Fsp3) is 0.283. The average Bonchev–Trinajstić information content (AvgIpc) is 3.58. The smallest absolute Gasteiger partial charge is 0.356 e. The first-order chi connectivity index (χ1) is 28.3.